The van der Waals surface area contributed by atoms with Gasteiger partial charge in [0, 0.05) is 50.8 Å². The molecule has 2 aromatic rings. The molecule has 1 N–H and O–H groups in total. The fourth-order valence-electron chi connectivity index (χ4n) is 4.68. The quantitative estimate of drug-likeness (QED) is 0.786. The monoisotopic (exact) mass is 442 g/mol. The zero-order valence-corrected chi connectivity index (χ0v) is 19.0. The molecule has 1 aromatic heterocycles. The minimum absolute atomic E-state index is 0.0400. The predicted octanol–water partition coefficient (Wildman–Crippen LogP) is 3.40. The number of hydrogen-bond donors (Lipinski definition) is 1. The topological polar surface area (TPSA) is 64.6 Å². The van der Waals surface area contributed by atoms with Gasteiger partial charge in [-0.15, -0.1) is 0 Å². The molecule has 0 spiro atoms. The Bertz CT molecular complexity index is 844. The van der Waals surface area contributed by atoms with Gasteiger partial charge >= 0.3 is 6.03 Å². The van der Waals surface area contributed by atoms with Gasteiger partial charge in [0.1, 0.15) is 0 Å². The van der Waals surface area contributed by atoms with E-state index in [-0.39, 0.29) is 24.2 Å². The highest BCUT2D eigenvalue weighted by molar-refractivity contribution is 6.30. The molecule has 166 valence electrons. The van der Waals surface area contributed by atoms with Crippen LogP contribution in [0.1, 0.15) is 32.3 Å². The van der Waals surface area contributed by atoms with Gasteiger partial charge in [-0.1, -0.05) is 41.9 Å². The third-order valence-corrected chi connectivity index (χ3v) is 6.40. The van der Waals surface area contributed by atoms with E-state index in [0.29, 0.717) is 24.1 Å². The van der Waals surface area contributed by atoms with Crippen LogP contribution in [0.15, 0.2) is 42.7 Å². The van der Waals surface area contributed by atoms with Gasteiger partial charge in [-0.25, -0.2) is 14.8 Å². The van der Waals surface area contributed by atoms with Gasteiger partial charge in [0.05, 0.1) is 17.4 Å². The highest BCUT2D eigenvalue weighted by Crippen LogP contribution is 2.21. The van der Waals surface area contributed by atoms with E-state index in [9.17, 15) is 4.79 Å². The van der Waals surface area contributed by atoms with E-state index in [2.05, 4.69) is 69.3 Å². The fraction of sp³-hybridized carbons (Fsp3) is 0.522. The summed E-state index contributed by atoms with van der Waals surface area (Å²) in [6, 6.07) is 11.0. The highest BCUT2D eigenvalue weighted by Gasteiger charge is 2.35. The average Bonchev–Trinajstić information content (AvgIpc) is 2.76. The molecule has 2 aliphatic heterocycles. The summed E-state index contributed by atoms with van der Waals surface area (Å²) in [7, 11) is 0. The molecule has 4 rings (SSSR count). The molecular weight excluding hydrogens is 412 g/mol. The molecule has 0 saturated carbocycles. The number of piperazine rings is 1. The van der Waals surface area contributed by atoms with Crippen LogP contribution in [0, 0.1) is 0 Å². The molecular formula is C23H31ClN6O. The van der Waals surface area contributed by atoms with Crippen LogP contribution in [-0.4, -0.2) is 70.1 Å². The number of hydrogen-bond acceptors (Lipinski definition) is 5. The summed E-state index contributed by atoms with van der Waals surface area (Å²) in [5.74, 6) is 0.661. The third-order valence-electron chi connectivity index (χ3n) is 6.21. The van der Waals surface area contributed by atoms with Gasteiger partial charge in [0.15, 0.2) is 0 Å². The lowest BCUT2D eigenvalue weighted by Crippen LogP contribution is -2.62. The van der Waals surface area contributed by atoms with E-state index in [1.54, 1.807) is 12.4 Å². The van der Waals surface area contributed by atoms with Crippen molar-refractivity contribution in [2.45, 2.75) is 51.4 Å². The number of nitrogens with zero attached hydrogens (tertiary/aromatic N) is 5. The van der Waals surface area contributed by atoms with Gasteiger partial charge < -0.3 is 15.1 Å². The normalized spacial score (nSPS) is 23.1. The zero-order chi connectivity index (χ0) is 21.8. The van der Waals surface area contributed by atoms with Crippen LogP contribution in [0.2, 0.25) is 5.02 Å². The number of likely N-dealkylation sites (tertiary alicyclic amines) is 1. The van der Waals surface area contributed by atoms with Gasteiger partial charge in [-0.2, -0.15) is 0 Å². The van der Waals surface area contributed by atoms with Crippen molar-refractivity contribution in [3.8, 4) is 0 Å². The molecule has 0 radical (unpaired) electrons. The number of urea groups is 1. The van der Waals surface area contributed by atoms with Crippen molar-refractivity contribution in [3.05, 3.63) is 53.3 Å². The van der Waals surface area contributed by atoms with Crippen molar-refractivity contribution in [2.75, 3.05) is 31.1 Å². The van der Waals surface area contributed by atoms with E-state index in [1.807, 2.05) is 4.90 Å². The minimum atomic E-state index is 0.0400. The Morgan fingerprint density at radius 1 is 1.06 bits per heavy atom. The Hall–Kier alpha value is -2.38. The fourth-order valence-corrected chi connectivity index (χ4v) is 4.78. The van der Waals surface area contributed by atoms with Crippen LogP contribution in [0.3, 0.4) is 0 Å². The number of carbonyl (C=O) groups excluding carboxylic acids is 1. The van der Waals surface area contributed by atoms with Crippen molar-refractivity contribution in [2.24, 2.45) is 0 Å². The second-order valence-corrected chi connectivity index (χ2v) is 9.13. The smallest absolute Gasteiger partial charge is 0.318 e. The molecule has 1 aromatic carbocycles. The Labute approximate surface area is 189 Å². The van der Waals surface area contributed by atoms with Crippen molar-refractivity contribution in [1.29, 1.82) is 0 Å². The predicted molar refractivity (Wildman–Crippen MR) is 123 cm³/mol. The molecule has 2 amide bonds. The van der Waals surface area contributed by atoms with Crippen LogP contribution in [0.25, 0.3) is 0 Å². The molecule has 31 heavy (non-hydrogen) atoms. The second kappa shape index (κ2) is 9.83. The molecule has 7 nitrogen and oxygen atoms in total. The highest BCUT2D eigenvalue weighted by atomic mass is 35.5. The summed E-state index contributed by atoms with van der Waals surface area (Å²) in [6.07, 6.45) is 5.20. The van der Waals surface area contributed by atoms with Crippen LogP contribution < -0.4 is 10.2 Å². The number of halogens is 1. The molecule has 8 heteroatoms. The Morgan fingerprint density at radius 2 is 1.68 bits per heavy atom. The average molecular weight is 443 g/mol. The number of nitrogens with one attached hydrogen (secondary N) is 1. The summed E-state index contributed by atoms with van der Waals surface area (Å²) in [6.45, 7) is 8.56. The Morgan fingerprint density at radius 3 is 2.29 bits per heavy atom. The lowest BCUT2D eigenvalue weighted by Gasteiger charge is -2.45. The number of benzene rings is 1. The molecule has 3 heterocycles. The van der Waals surface area contributed by atoms with E-state index in [1.165, 1.54) is 5.56 Å². The molecule has 0 aliphatic carbocycles. The van der Waals surface area contributed by atoms with Crippen LogP contribution >= 0.6 is 11.6 Å². The maximum atomic E-state index is 13.1. The first-order chi connectivity index (χ1) is 15.0. The van der Waals surface area contributed by atoms with Gasteiger partial charge in [-0.05, 0) is 32.3 Å². The molecule has 0 unspecified atom stereocenters. The standard InChI is InChI=1S/C23H31ClN6O/c1-17-14-29(22-25-12-20(24)13-26-22)15-18(2)30(17)23(31)27-21-8-10-28(11-9-21)16-19-6-4-3-5-7-19/h3-7,12-13,17-18,21H,8-11,14-16H2,1-2H3,(H,27,31)/t17-,18-/m1/s1. The molecule has 2 saturated heterocycles. The summed E-state index contributed by atoms with van der Waals surface area (Å²) in [4.78, 5) is 28.3. The third kappa shape index (κ3) is 5.46. The summed E-state index contributed by atoms with van der Waals surface area (Å²) < 4.78 is 0. The number of aromatic nitrogens is 2. The van der Waals surface area contributed by atoms with E-state index in [4.69, 9.17) is 11.6 Å². The number of rotatable bonds is 4. The van der Waals surface area contributed by atoms with E-state index < -0.39 is 0 Å². The number of amides is 2. The number of piperidine rings is 1. The molecule has 2 fully saturated rings. The van der Waals surface area contributed by atoms with Crippen LogP contribution in [-0.2, 0) is 6.54 Å². The van der Waals surface area contributed by atoms with Crippen LogP contribution in [0.4, 0.5) is 10.7 Å². The number of anilines is 1. The van der Waals surface area contributed by atoms with Crippen molar-refractivity contribution >= 4 is 23.6 Å². The Balaban J connectivity index is 1.27. The van der Waals surface area contributed by atoms with Crippen molar-refractivity contribution < 1.29 is 4.79 Å². The molecule has 0 bridgehead atoms. The second-order valence-electron chi connectivity index (χ2n) is 8.70. The van der Waals surface area contributed by atoms with E-state index >= 15 is 0 Å². The van der Waals surface area contributed by atoms with Crippen molar-refractivity contribution in [3.63, 3.8) is 0 Å². The van der Waals surface area contributed by atoms with Gasteiger partial charge in [0.2, 0.25) is 5.95 Å². The summed E-state index contributed by atoms with van der Waals surface area (Å²) >= 11 is 5.91. The van der Waals surface area contributed by atoms with Gasteiger partial charge in [0.25, 0.3) is 0 Å². The molecule has 2 atom stereocenters. The molecule has 2 aliphatic rings. The maximum Gasteiger partial charge on any atom is 0.318 e. The van der Waals surface area contributed by atoms with Gasteiger partial charge in [-0.3, -0.25) is 4.90 Å². The lowest BCUT2D eigenvalue weighted by atomic mass is 10.0. The summed E-state index contributed by atoms with van der Waals surface area (Å²) in [5.41, 5.74) is 1.34. The minimum Gasteiger partial charge on any atom is -0.337 e. The lowest BCUT2D eigenvalue weighted by molar-refractivity contribution is 0.130. The number of carbonyl (C=O) groups is 1. The maximum absolute atomic E-state index is 13.1. The Kier molecular flexibility index (Phi) is 6.92. The first-order valence-electron chi connectivity index (χ1n) is 11.1. The van der Waals surface area contributed by atoms with Crippen LogP contribution in [0.5, 0.6) is 0 Å². The first-order valence-corrected chi connectivity index (χ1v) is 11.4. The summed E-state index contributed by atoms with van der Waals surface area (Å²) in [5, 5.41) is 3.81. The first kappa shape index (κ1) is 21.8. The largest absolute Gasteiger partial charge is 0.337 e. The van der Waals surface area contributed by atoms with E-state index in [0.717, 1.165) is 32.5 Å². The zero-order valence-electron chi connectivity index (χ0n) is 18.2. The SMILES string of the molecule is C[C@@H]1CN(c2ncc(Cl)cn2)C[C@@H](C)N1C(=O)NC1CCN(Cc2ccccc2)CC1. The van der Waals surface area contributed by atoms with Crippen molar-refractivity contribution in [1.82, 2.24) is 25.1 Å².